The second-order valence-electron chi connectivity index (χ2n) is 6.89. The number of aliphatic hydroxyl groups excluding tert-OH is 1. The first-order valence-electron chi connectivity index (χ1n) is 9.46. The summed E-state index contributed by atoms with van der Waals surface area (Å²) in [6.07, 6.45) is 10.5. The summed E-state index contributed by atoms with van der Waals surface area (Å²) in [7, 11) is 0. The Labute approximate surface area is 160 Å². The molecule has 1 saturated carbocycles. The van der Waals surface area contributed by atoms with Crippen LogP contribution in [0.25, 0.3) is 6.08 Å². The van der Waals surface area contributed by atoms with Gasteiger partial charge in [-0.1, -0.05) is 24.6 Å². The lowest BCUT2D eigenvalue weighted by atomic mass is 10.0. The number of aromatic nitrogens is 1. The first-order chi connectivity index (χ1) is 13.2. The third-order valence-electron chi connectivity index (χ3n) is 4.87. The number of benzene rings is 1. The molecule has 0 unspecified atom stereocenters. The van der Waals surface area contributed by atoms with Crippen LogP contribution in [0.1, 0.15) is 36.8 Å². The predicted molar refractivity (Wildman–Crippen MR) is 105 cm³/mol. The molecular weight excluding hydrogens is 340 g/mol. The summed E-state index contributed by atoms with van der Waals surface area (Å²) < 4.78 is 5.72. The number of aliphatic hydroxyl groups is 1. The maximum atomic E-state index is 11.9. The van der Waals surface area contributed by atoms with Crippen molar-refractivity contribution in [2.45, 2.75) is 38.4 Å². The normalized spacial score (nSPS) is 19.3. The molecule has 1 aromatic carbocycles. The summed E-state index contributed by atoms with van der Waals surface area (Å²) in [5, 5.41) is 12.7. The Bertz CT molecular complexity index is 744. The average Bonchev–Trinajstić information content (AvgIpc) is 3.11. The molecule has 1 heterocycles. The molecule has 5 heteroatoms. The molecule has 0 radical (unpaired) electrons. The van der Waals surface area contributed by atoms with Crippen LogP contribution in [-0.2, 0) is 11.4 Å². The van der Waals surface area contributed by atoms with Crippen LogP contribution in [0.5, 0.6) is 5.75 Å². The molecule has 2 atom stereocenters. The number of carbonyl (C=O) groups is 1. The second kappa shape index (κ2) is 9.88. The Morgan fingerprint density at radius 1 is 1.26 bits per heavy atom. The molecule has 1 fully saturated rings. The molecule has 5 nitrogen and oxygen atoms in total. The highest BCUT2D eigenvalue weighted by atomic mass is 16.5. The summed E-state index contributed by atoms with van der Waals surface area (Å²) in [6.45, 7) is 1.08. The van der Waals surface area contributed by atoms with Crippen LogP contribution in [-0.4, -0.2) is 28.6 Å². The summed E-state index contributed by atoms with van der Waals surface area (Å²) in [5.41, 5.74) is 1.95. The maximum absolute atomic E-state index is 11.9. The van der Waals surface area contributed by atoms with Gasteiger partial charge in [-0.25, -0.2) is 0 Å². The van der Waals surface area contributed by atoms with Gasteiger partial charge < -0.3 is 15.2 Å². The van der Waals surface area contributed by atoms with Crippen molar-refractivity contribution in [1.82, 2.24) is 10.3 Å². The van der Waals surface area contributed by atoms with Gasteiger partial charge in [-0.3, -0.25) is 9.78 Å². The van der Waals surface area contributed by atoms with Crippen LogP contribution >= 0.6 is 0 Å². The zero-order chi connectivity index (χ0) is 18.9. The fraction of sp³-hybridized carbons (Fsp3) is 0.364. The third kappa shape index (κ3) is 6.22. The zero-order valence-corrected chi connectivity index (χ0v) is 15.4. The van der Waals surface area contributed by atoms with Crippen LogP contribution in [0, 0.1) is 5.92 Å². The number of hydrogen-bond acceptors (Lipinski definition) is 4. The first-order valence-corrected chi connectivity index (χ1v) is 9.46. The number of pyridine rings is 1. The number of hydrogen-bond donors (Lipinski definition) is 2. The van der Waals surface area contributed by atoms with Crippen molar-refractivity contribution in [1.29, 1.82) is 0 Å². The topological polar surface area (TPSA) is 71.5 Å². The number of rotatable bonds is 8. The first kappa shape index (κ1) is 19.1. The van der Waals surface area contributed by atoms with Gasteiger partial charge in [0.05, 0.1) is 6.10 Å². The molecule has 142 valence electrons. The zero-order valence-electron chi connectivity index (χ0n) is 15.4. The number of ether oxygens (including phenoxy) is 1. The van der Waals surface area contributed by atoms with Gasteiger partial charge in [-0.15, -0.1) is 0 Å². The number of amides is 1. The molecule has 0 aliphatic heterocycles. The van der Waals surface area contributed by atoms with Crippen molar-refractivity contribution >= 4 is 12.0 Å². The molecule has 2 aromatic rings. The lowest BCUT2D eigenvalue weighted by Gasteiger charge is -2.13. The highest BCUT2D eigenvalue weighted by Crippen LogP contribution is 2.27. The fourth-order valence-electron chi connectivity index (χ4n) is 3.29. The quantitative estimate of drug-likeness (QED) is 0.703. The minimum absolute atomic E-state index is 0.112. The van der Waals surface area contributed by atoms with Gasteiger partial charge in [0.25, 0.3) is 0 Å². The minimum Gasteiger partial charge on any atom is -0.489 e. The van der Waals surface area contributed by atoms with E-state index < -0.39 is 0 Å². The SMILES string of the molecule is O=C(/C=C/c1ccc(OCc2cccnc2)cc1)NCC[C@H]1CCC[C@H]1O. The van der Waals surface area contributed by atoms with Crippen LogP contribution in [0.2, 0.25) is 0 Å². The van der Waals surface area contributed by atoms with E-state index in [-0.39, 0.29) is 12.0 Å². The maximum Gasteiger partial charge on any atom is 0.243 e. The fourth-order valence-corrected chi connectivity index (χ4v) is 3.29. The van der Waals surface area contributed by atoms with Crippen molar-refractivity contribution < 1.29 is 14.6 Å². The van der Waals surface area contributed by atoms with Gasteiger partial charge in [0.2, 0.25) is 5.91 Å². The van der Waals surface area contributed by atoms with Crippen molar-refractivity contribution in [2.24, 2.45) is 5.92 Å². The summed E-state index contributed by atoms with van der Waals surface area (Å²) in [4.78, 5) is 16.0. The smallest absolute Gasteiger partial charge is 0.243 e. The Hall–Kier alpha value is -2.66. The standard InChI is InChI=1S/C22H26N2O3/c25-21-5-1-4-19(21)12-14-24-22(26)11-8-17-6-9-20(10-7-17)27-16-18-3-2-13-23-15-18/h2-3,6-11,13,15,19,21,25H,1,4-5,12,14,16H2,(H,24,26)/b11-8+/t19-,21-/m1/s1. The number of carbonyl (C=O) groups excluding carboxylic acids is 1. The van der Waals surface area contributed by atoms with Crippen molar-refractivity contribution in [3.63, 3.8) is 0 Å². The lowest BCUT2D eigenvalue weighted by Crippen LogP contribution is -2.26. The summed E-state index contributed by atoms with van der Waals surface area (Å²) >= 11 is 0. The van der Waals surface area contributed by atoms with Gasteiger partial charge in [0.1, 0.15) is 12.4 Å². The average molecular weight is 366 g/mol. The van der Waals surface area contributed by atoms with E-state index in [4.69, 9.17) is 4.74 Å². The van der Waals surface area contributed by atoms with Crippen molar-refractivity contribution in [2.75, 3.05) is 6.54 Å². The van der Waals surface area contributed by atoms with E-state index in [0.717, 1.165) is 42.6 Å². The molecule has 1 aromatic heterocycles. The molecule has 27 heavy (non-hydrogen) atoms. The van der Waals surface area contributed by atoms with E-state index >= 15 is 0 Å². The van der Waals surface area contributed by atoms with Crippen LogP contribution in [0.4, 0.5) is 0 Å². The van der Waals surface area contributed by atoms with Crippen LogP contribution in [0.15, 0.2) is 54.9 Å². The Morgan fingerprint density at radius 3 is 2.81 bits per heavy atom. The molecule has 2 N–H and O–H groups in total. The van der Waals surface area contributed by atoms with Crippen LogP contribution < -0.4 is 10.1 Å². The van der Waals surface area contributed by atoms with Gasteiger partial charge in [-0.2, -0.15) is 0 Å². The molecule has 0 spiro atoms. The van der Waals surface area contributed by atoms with E-state index in [1.54, 1.807) is 18.5 Å². The van der Waals surface area contributed by atoms with Crippen LogP contribution in [0.3, 0.4) is 0 Å². The Balaban J connectivity index is 1.39. The van der Waals surface area contributed by atoms with E-state index in [1.807, 2.05) is 36.4 Å². The molecule has 3 rings (SSSR count). The monoisotopic (exact) mass is 366 g/mol. The van der Waals surface area contributed by atoms with E-state index in [9.17, 15) is 9.90 Å². The lowest BCUT2D eigenvalue weighted by molar-refractivity contribution is -0.116. The highest BCUT2D eigenvalue weighted by Gasteiger charge is 2.24. The molecule has 1 aliphatic carbocycles. The highest BCUT2D eigenvalue weighted by molar-refractivity contribution is 5.91. The van der Waals surface area contributed by atoms with Gasteiger partial charge in [-0.05, 0) is 55.0 Å². The molecule has 0 saturated heterocycles. The largest absolute Gasteiger partial charge is 0.489 e. The van der Waals surface area contributed by atoms with Crippen molar-refractivity contribution in [3.8, 4) is 5.75 Å². The molecule has 0 bridgehead atoms. The van der Waals surface area contributed by atoms with E-state index in [2.05, 4.69) is 10.3 Å². The second-order valence-corrected chi connectivity index (χ2v) is 6.89. The van der Waals surface area contributed by atoms with Crippen molar-refractivity contribution in [3.05, 3.63) is 66.0 Å². The molecule has 1 aliphatic rings. The van der Waals surface area contributed by atoms with Gasteiger partial charge in [0.15, 0.2) is 0 Å². The minimum atomic E-state index is -0.198. The third-order valence-corrected chi connectivity index (χ3v) is 4.87. The van der Waals surface area contributed by atoms with Gasteiger partial charge >= 0.3 is 0 Å². The predicted octanol–water partition coefficient (Wildman–Crippen LogP) is 3.34. The molecule has 1 amide bonds. The number of nitrogens with zero attached hydrogens (tertiary/aromatic N) is 1. The Kier molecular flexibility index (Phi) is 6.99. The van der Waals surface area contributed by atoms with E-state index in [1.165, 1.54) is 6.08 Å². The summed E-state index contributed by atoms with van der Waals surface area (Å²) in [5.74, 6) is 0.989. The van der Waals surface area contributed by atoms with Gasteiger partial charge in [0, 0.05) is 30.6 Å². The summed E-state index contributed by atoms with van der Waals surface area (Å²) in [6, 6.07) is 11.4. The number of nitrogens with one attached hydrogen (secondary N) is 1. The molecular formula is C22H26N2O3. The van der Waals surface area contributed by atoms with E-state index in [0.29, 0.717) is 19.1 Å². The Morgan fingerprint density at radius 2 is 2.11 bits per heavy atom.